The number of nitrogens with one attached hydrogen (secondary N) is 1. The summed E-state index contributed by atoms with van der Waals surface area (Å²) < 4.78 is 14.5. The van der Waals surface area contributed by atoms with Crippen LogP contribution < -0.4 is 10.9 Å². The summed E-state index contributed by atoms with van der Waals surface area (Å²) in [6.45, 7) is 7.05. The van der Waals surface area contributed by atoms with Crippen LogP contribution in [0, 0.1) is 25.6 Å². The highest BCUT2D eigenvalue weighted by Crippen LogP contribution is 2.11. The second kappa shape index (κ2) is 8.16. The Bertz CT molecular complexity index is 917. The van der Waals surface area contributed by atoms with Gasteiger partial charge in [0.25, 0.3) is 11.5 Å². The van der Waals surface area contributed by atoms with Crippen LogP contribution in [-0.4, -0.2) is 27.6 Å². The van der Waals surface area contributed by atoms with Crippen molar-refractivity contribution in [1.29, 1.82) is 0 Å². The van der Waals surface area contributed by atoms with Crippen molar-refractivity contribution in [1.82, 2.24) is 9.88 Å². The SMILES string of the molecule is Cc1cc(C(=O)N[C@H](C(=O)O)C(C)C)c(=O)n(Cc2ccc(F)cc2)c1C. The highest BCUT2D eigenvalue weighted by Gasteiger charge is 2.26. The summed E-state index contributed by atoms with van der Waals surface area (Å²) in [5.74, 6) is -2.59. The maximum absolute atomic E-state index is 13.1. The van der Waals surface area contributed by atoms with Gasteiger partial charge in [-0.05, 0) is 49.1 Å². The van der Waals surface area contributed by atoms with Crippen LogP contribution in [-0.2, 0) is 11.3 Å². The van der Waals surface area contributed by atoms with Gasteiger partial charge in [0.2, 0.25) is 0 Å². The summed E-state index contributed by atoms with van der Waals surface area (Å²) in [5.41, 5.74) is 1.47. The molecule has 0 aliphatic heterocycles. The molecule has 1 aromatic carbocycles. The van der Waals surface area contributed by atoms with Crippen LogP contribution in [0.2, 0.25) is 0 Å². The van der Waals surface area contributed by atoms with Crippen molar-refractivity contribution >= 4 is 11.9 Å². The van der Waals surface area contributed by atoms with Crippen LogP contribution >= 0.6 is 0 Å². The number of carbonyl (C=O) groups is 2. The number of carboxylic acid groups (broad SMARTS) is 1. The molecule has 2 N–H and O–H groups in total. The number of aryl methyl sites for hydroxylation is 1. The van der Waals surface area contributed by atoms with E-state index in [4.69, 9.17) is 0 Å². The molecule has 0 aliphatic rings. The molecule has 1 amide bonds. The molecule has 0 bridgehead atoms. The lowest BCUT2D eigenvalue weighted by Crippen LogP contribution is -2.46. The van der Waals surface area contributed by atoms with E-state index in [1.807, 2.05) is 0 Å². The maximum atomic E-state index is 13.1. The topological polar surface area (TPSA) is 88.4 Å². The summed E-state index contributed by atoms with van der Waals surface area (Å²) in [5, 5.41) is 11.7. The summed E-state index contributed by atoms with van der Waals surface area (Å²) in [6.07, 6.45) is 0. The zero-order valence-corrected chi connectivity index (χ0v) is 15.7. The lowest BCUT2D eigenvalue weighted by Gasteiger charge is -2.19. The highest BCUT2D eigenvalue weighted by atomic mass is 19.1. The van der Waals surface area contributed by atoms with Gasteiger partial charge in [-0.2, -0.15) is 0 Å². The standard InChI is InChI=1S/C20H23FN2O4/c1-11(2)17(20(26)27)22-18(24)16-9-12(3)13(4)23(19(16)25)10-14-5-7-15(21)8-6-14/h5-9,11,17H,10H2,1-4H3,(H,22,24)(H,26,27)/t17-/m0/s1. The average molecular weight is 374 g/mol. The first-order valence-corrected chi connectivity index (χ1v) is 8.61. The van der Waals surface area contributed by atoms with E-state index < -0.39 is 23.5 Å². The third-order valence-corrected chi connectivity index (χ3v) is 4.53. The van der Waals surface area contributed by atoms with Crippen LogP contribution in [0.4, 0.5) is 4.39 Å². The molecule has 0 radical (unpaired) electrons. The first kappa shape index (κ1) is 20.4. The molecular weight excluding hydrogens is 351 g/mol. The number of aliphatic carboxylic acids is 1. The molecule has 2 rings (SSSR count). The minimum atomic E-state index is -1.16. The number of rotatable bonds is 6. The molecule has 27 heavy (non-hydrogen) atoms. The monoisotopic (exact) mass is 374 g/mol. The zero-order valence-electron chi connectivity index (χ0n) is 15.7. The Labute approximate surface area is 156 Å². The minimum absolute atomic E-state index is 0.118. The first-order valence-electron chi connectivity index (χ1n) is 8.61. The predicted molar refractivity (Wildman–Crippen MR) is 99.4 cm³/mol. The van der Waals surface area contributed by atoms with E-state index in [-0.39, 0.29) is 23.8 Å². The molecule has 7 heteroatoms. The number of carbonyl (C=O) groups excluding carboxylic acids is 1. The summed E-state index contributed by atoms with van der Waals surface area (Å²) in [6, 6.07) is 6.13. The second-order valence-electron chi connectivity index (χ2n) is 6.88. The molecule has 0 spiro atoms. The number of hydrogen-bond acceptors (Lipinski definition) is 3. The number of nitrogens with zero attached hydrogens (tertiary/aromatic N) is 1. The van der Waals surface area contributed by atoms with Gasteiger partial charge in [-0.1, -0.05) is 26.0 Å². The molecule has 0 fully saturated rings. The van der Waals surface area contributed by atoms with E-state index in [1.165, 1.54) is 22.8 Å². The normalized spacial score (nSPS) is 12.1. The van der Waals surface area contributed by atoms with E-state index >= 15 is 0 Å². The maximum Gasteiger partial charge on any atom is 0.326 e. The van der Waals surface area contributed by atoms with Gasteiger partial charge in [0.1, 0.15) is 17.4 Å². The molecule has 6 nitrogen and oxygen atoms in total. The third-order valence-electron chi connectivity index (χ3n) is 4.53. The Kier molecular flexibility index (Phi) is 6.15. The molecule has 2 aromatic rings. The van der Waals surface area contributed by atoms with Gasteiger partial charge in [0, 0.05) is 5.69 Å². The first-order chi connectivity index (χ1) is 12.6. The summed E-state index contributed by atoms with van der Waals surface area (Å²) in [4.78, 5) is 36.7. The molecule has 144 valence electrons. The smallest absolute Gasteiger partial charge is 0.326 e. The van der Waals surface area contributed by atoms with Gasteiger partial charge in [-0.15, -0.1) is 0 Å². The van der Waals surface area contributed by atoms with Crippen LogP contribution in [0.5, 0.6) is 0 Å². The highest BCUT2D eigenvalue weighted by molar-refractivity contribution is 5.96. The second-order valence-corrected chi connectivity index (χ2v) is 6.88. The number of halogens is 1. The van der Waals surface area contributed by atoms with E-state index in [0.717, 1.165) is 5.56 Å². The van der Waals surface area contributed by atoms with Gasteiger partial charge in [-0.25, -0.2) is 9.18 Å². The van der Waals surface area contributed by atoms with Crippen molar-refractivity contribution in [2.24, 2.45) is 5.92 Å². The lowest BCUT2D eigenvalue weighted by atomic mass is 10.0. The number of aromatic nitrogens is 1. The van der Waals surface area contributed by atoms with E-state index in [0.29, 0.717) is 11.3 Å². The third kappa shape index (κ3) is 4.61. The fourth-order valence-electron chi connectivity index (χ4n) is 2.75. The molecular formula is C20H23FN2O4. The number of carboxylic acids is 1. The number of hydrogen-bond donors (Lipinski definition) is 2. The zero-order chi connectivity index (χ0) is 20.3. The van der Waals surface area contributed by atoms with Crippen molar-refractivity contribution in [3.8, 4) is 0 Å². The van der Waals surface area contributed by atoms with Crippen molar-refractivity contribution < 1.29 is 19.1 Å². The molecule has 1 heterocycles. The average Bonchev–Trinajstić information content (AvgIpc) is 2.60. The Morgan fingerprint density at radius 2 is 1.78 bits per heavy atom. The van der Waals surface area contributed by atoms with E-state index in [1.54, 1.807) is 39.8 Å². The molecule has 0 aliphatic carbocycles. The molecule has 0 saturated carbocycles. The molecule has 1 aromatic heterocycles. The van der Waals surface area contributed by atoms with E-state index in [2.05, 4.69) is 5.32 Å². The van der Waals surface area contributed by atoms with Gasteiger partial charge >= 0.3 is 5.97 Å². The molecule has 1 atom stereocenters. The van der Waals surface area contributed by atoms with Gasteiger partial charge < -0.3 is 15.0 Å². The van der Waals surface area contributed by atoms with Crippen LogP contribution in [0.1, 0.15) is 41.0 Å². The van der Waals surface area contributed by atoms with Gasteiger partial charge in [-0.3, -0.25) is 9.59 Å². The number of amides is 1. The molecule has 0 unspecified atom stereocenters. The van der Waals surface area contributed by atoms with Gasteiger partial charge in [0.15, 0.2) is 0 Å². The van der Waals surface area contributed by atoms with Crippen molar-refractivity contribution in [2.75, 3.05) is 0 Å². The Balaban J connectivity index is 2.42. The van der Waals surface area contributed by atoms with Crippen LogP contribution in [0.3, 0.4) is 0 Å². The quantitative estimate of drug-likeness (QED) is 0.813. The fraction of sp³-hybridized carbons (Fsp3) is 0.350. The Hall–Kier alpha value is -2.96. The fourth-order valence-corrected chi connectivity index (χ4v) is 2.75. The van der Waals surface area contributed by atoms with Crippen LogP contribution in [0.15, 0.2) is 35.1 Å². The Morgan fingerprint density at radius 3 is 2.30 bits per heavy atom. The van der Waals surface area contributed by atoms with Gasteiger partial charge in [0.05, 0.1) is 6.54 Å². The van der Waals surface area contributed by atoms with Crippen LogP contribution in [0.25, 0.3) is 0 Å². The number of benzene rings is 1. The van der Waals surface area contributed by atoms with E-state index in [9.17, 15) is 23.9 Å². The summed E-state index contributed by atoms with van der Waals surface area (Å²) in [7, 11) is 0. The minimum Gasteiger partial charge on any atom is -0.480 e. The molecule has 0 saturated heterocycles. The largest absolute Gasteiger partial charge is 0.480 e. The Morgan fingerprint density at radius 1 is 1.19 bits per heavy atom. The number of pyridine rings is 1. The van der Waals surface area contributed by atoms with Crippen molar-refractivity contribution in [3.63, 3.8) is 0 Å². The van der Waals surface area contributed by atoms with Crippen molar-refractivity contribution in [2.45, 2.75) is 40.3 Å². The summed E-state index contributed by atoms with van der Waals surface area (Å²) >= 11 is 0. The predicted octanol–water partition coefficient (Wildman–Crippen LogP) is 2.49. The lowest BCUT2D eigenvalue weighted by molar-refractivity contribution is -0.140. The van der Waals surface area contributed by atoms with Crippen molar-refractivity contribution in [3.05, 3.63) is 68.9 Å².